The fourth-order valence-electron chi connectivity index (χ4n) is 1.92. The van der Waals surface area contributed by atoms with Gasteiger partial charge in [0.25, 0.3) is 11.8 Å². The molecule has 0 saturated carbocycles. The standard InChI is InChI=1S/C16H18N2O3/c1-11-14(8-9-21-11)15(19)17-10-12-4-6-13(7-5-12)16(20)18(2)3/h4-9H,10H2,1-3H3,(H,17,19). The van der Waals surface area contributed by atoms with E-state index in [4.69, 9.17) is 4.42 Å². The molecule has 110 valence electrons. The molecule has 0 aliphatic heterocycles. The Morgan fingerprint density at radius 3 is 2.33 bits per heavy atom. The van der Waals surface area contributed by atoms with E-state index in [1.807, 2.05) is 12.1 Å². The molecular weight excluding hydrogens is 268 g/mol. The van der Waals surface area contributed by atoms with Crippen molar-refractivity contribution in [2.75, 3.05) is 14.1 Å². The van der Waals surface area contributed by atoms with Crippen LogP contribution in [0.15, 0.2) is 41.0 Å². The summed E-state index contributed by atoms with van der Waals surface area (Å²) in [6.45, 7) is 2.15. The zero-order chi connectivity index (χ0) is 15.4. The summed E-state index contributed by atoms with van der Waals surface area (Å²) in [4.78, 5) is 25.2. The van der Waals surface area contributed by atoms with Crippen LogP contribution in [0.1, 0.15) is 32.0 Å². The van der Waals surface area contributed by atoms with E-state index in [9.17, 15) is 9.59 Å². The number of nitrogens with one attached hydrogen (secondary N) is 1. The van der Waals surface area contributed by atoms with Gasteiger partial charge in [0.2, 0.25) is 0 Å². The van der Waals surface area contributed by atoms with Crippen LogP contribution in [0.2, 0.25) is 0 Å². The summed E-state index contributed by atoms with van der Waals surface area (Å²) < 4.78 is 5.10. The van der Waals surface area contributed by atoms with Gasteiger partial charge in [-0.1, -0.05) is 12.1 Å². The molecule has 1 aromatic heterocycles. The van der Waals surface area contributed by atoms with Crippen molar-refractivity contribution in [2.45, 2.75) is 13.5 Å². The Bertz CT molecular complexity index is 642. The highest BCUT2D eigenvalue weighted by Gasteiger charge is 2.11. The number of benzene rings is 1. The van der Waals surface area contributed by atoms with E-state index in [0.717, 1.165) is 5.56 Å². The molecular formula is C16H18N2O3. The monoisotopic (exact) mass is 286 g/mol. The van der Waals surface area contributed by atoms with Crippen LogP contribution in [-0.4, -0.2) is 30.8 Å². The van der Waals surface area contributed by atoms with Crippen LogP contribution in [-0.2, 0) is 6.54 Å². The highest BCUT2D eigenvalue weighted by atomic mass is 16.3. The van der Waals surface area contributed by atoms with E-state index >= 15 is 0 Å². The summed E-state index contributed by atoms with van der Waals surface area (Å²) in [7, 11) is 3.42. The molecule has 0 aliphatic rings. The second-order valence-electron chi connectivity index (χ2n) is 4.97. The minimum absolute atomic E-state index is 0.0420. The first kappa shape index (κ1) is 14.8. The van der Waals surface area contributed by atoms with Gasteiger partial charge in [-0.05, 0) is 30.7 Å². The SMILES string of the molecule is Cc1occc1C(=O)NCc1ccc(C(=O)N(C)C)cc1. The number of furan rings is 1. The van der Waals surface area contributed by atoms with Crippen molar-refractivity contribution < 1.29 is 14.0 Å². The molecule has 2 amide bonds. The third-order valence-corrected chi connectivity index (χ3v) is 3.16. The van der Waals surface area contributed by atoms with Gasteiger partial charge in [-0.15, -0.1) is 0 Å². The second-order valence-corrected chi connectivity index (χ2v) is 4.97. The lowest BCUT2D eigenvalue weighted by Gasteiger charge is -2.10. The number of carbonyl (C=O) groups is 2. The molecule has 1 N–H and O–H groups in total. The maximum Gasteiger partial charge on any atom is 0.255 e. The summed E-state index contributed by atoms with van der Waals surface area (Å²) in [5.74, 6) is 0.383. The molecule has 0 saturated heterocycles. The molecule has 5 heteroatoms. The summed E-state index contributed by atoms with van der Waals surface area (Å²) >= 11 is 0. The number of rotatable bonds is 4. The molecule has 5 nitrogen and oxygen atoms in total. The van der Waals surface area contributed by atoms with Crippen molar-refractivity contribution in [3.05, 3.63) is 59.0 Å². The summed E-state index contributed by atoms with van der Waals surface area (Å²) in [5.41, 5.74) is 2.09. The Morgan fingerprint density at radius 1 is 1.14 bits per heavy atom. The molecule has 1 aromatic carbocycles. The predicted octanol–water partition coefficient (Wildman–Crippen LogP) is 2.22. The molecule has 0 spiro atoms. The minimum atomic E-state index is -0.172. The number of amides is 2. The van der Waals surface area contributed by atoms with Gasteiger partial charge in [0.05, 0.1) is 11.8 Å². The summed E-state index contributed by atoms with van der Waals surface area (Å²) in [5, 5.41) is 2.82. The van der Waals surface area contributed by atoms with E-state index in [-0.39, 0.29) is 11.8 Å². The fraction of sp³-hybridized carbons (Fsp3) is 0.250. The quantitative estimate of drug-likeness (QED) is 0.937. The topological polar surface area (TPSA) is 62.6 Å². The van der Waals surface area contributed by atoms with Crippen molar-refractivity contribution in [1.29, 1.82) is 0 Å². The maximum absolute atomic E-state index is 11.9. The number of carbonyl (C=O) groups excluding carboxylic acids is 2. The minimum Gasteiger partial charge on any atom is -0.469 e. The fourth-order valence-corrected chi connectivity index (χ4v) is 1.92. The average molecular weight is 286 g/mol. The van der Waals surface area contributed by atoms with Crippen molar-refractivity contribution in [3.8, 4) is 0 Å². The number of aryl methyl sites for hydroxylation is 1. The Kier molecular flexibility index (Phi) is 4.42. The molecule has 0 radical (unpaired) electrons. The highest BCUT2D eigenvalue weighted by Crippen LogP contribution is 2.10. The van der Waals surface area contributed by atoms with Gasteiger partial charge in [-0.2, -0.15) is 0 Å². The van der Waals surface area contributed by atoms with Crippen LogP contribution in [0.4, 0.5) is 0 Å². The van der Waals surface area contributed by atoms with Gasteiger partial charge >= 0.3 is 0 Å². The summed E-state index contributed by atoms with van der Waals surface area (Å²) in [6, 6.07) is 8.82. The zero-order valence-corrected chi connectivity index (χ0v) is 12.3. The van der Waals surface area contributed by atoms with Gasteiger partial charge in [-0.3, -0.25) is 9.59 Å². The van der Waals surface area contributed by atoms with E-state index in [1.165, 1.54) is 11.2 Å². The lowest BCUT2D eigenvalue weighted by molar-refractivity contribution is 0.0827. The first-order valence-corrected chi connectivity index (χ1v) is 6.62. The molecule has 2 rings (SSSR count). The molecule has 0 atom stereocenters. The normalized spacial score (nSPS) is 10.2. The van der Waals surface area contributed by atoms with Gasteiger partial charge in [0.15, 0.2) is 0 Å². The van der Waals surface area contributed by atoms with Crippen LogP contribution >= 0.6 is 0 Å². The molecule has 1 heterocycles. The Labute approximate surface area is 123 Å². The molecule has 0 bridgehead atoms. The molecule has 0 unspecified atom stereocenters. The smallest absolute Gasteiger partial charge is 0.255 e. The maximum atomic E-state index is 11.9. The highest BCUT2D eigenvalue weighted by molar-refractivity contribution is 5.95. The molecule has 21 heavy (non-hydrogen) atoms. The average Bonchev–Trinajstić information content (AvgIpc) is 2.90. The zero-order valence-electron chi connectivity index (χ0n) is 12.3. The largest absolute Gasteiger partial charge is 0.469 e. The van der Waals surface area contributed by atoms with Gasteiger partial charge < -0.3 is 14.6 Å². The van der Waals surface area contributed by atoms with E-state index in [0.29, 0.717) is 23.4 Å². The lowest BCUT2D eigenvalue weighted by atomic mass is 10.1. The van der Waals surface area contributed by atoms with Crippen molar-refractivity contribution in [3.63, 3.8) is 0 Å². The molecule has 2 aromatic rings. The van der Waals surface area contributed by atoms with Crippen LogP contribution in [0.25, 0.3) is 0 Å². The number of hydrogen-bond donors (Lipinski definition) is 1. The predicted molar refractivity (Wildman–Crippen MR) is 79.1 cm³/mol. The van der Waals surface area contributed by atoms with Crippen molar-refractivity contribution >= 4 is 11.8 Å². The Balaban J connectivity index is 1.97. The second kappa shape index (κ2) is 6.26. The number of nitrogens with zero attached hydrogens (tertiary/aromatic N) is 1. The van der Waals surface area contributed by atoms with Crippen molar-refractivity contribution in [2.24, 2.45) is 0 Å². The van der Waals surface area contributed by atoms with Gasteiger partial charge in [-0.25, -0.2) is 0 Å². The van der Waals surface area contributed by atoms with Crippen LogP contribution in [0.3, 0.4) is 0 Å². The first-order valence-electron chi connectivity index (χ1n) is 6.62. The first-order chi connectivity index (χ1) is 9.99. The Morgan fingerprint density at radius 2 is 1.81 bits per heavy atom. The lowest BCUT2D eigenvalue weighted by Crippen LogP contribution is -2.23. The van der Waals surface area contributed by atoms with Gasteiger partial charge in [0.1, 0.15) is 5.76 Å². The van der Waals surface area contributed by atoms with E-state index < -0.39 is 0 Å². The van der Waals surface area contributed by atoms with Crippen LogP contribution < -0.4 is 5.32 Å². The third-order valence-electron chi connectivity index (χ3n) is 3.16. The molecule has 0 aliphatic carbocycles. The summed E-state index contributed by atoms with van der Waals surface area (Å²) in [6.07, 6.45) is 1.49. The molecule has 0 fully saturated rings. The van der Waals surface area contributed by atoms with Crippen LogP contribution in [0, 0.1) is 6.92 Å². The van der Waals surface area contributed by atoms with E-state index in [1.54, 1.807) is 39.2 Å². The van der Waals surface area contributed by atoms with Crippen molar-refractivity contribution in [1.82, 2.24) is 10.2 Å². The van der Waals surface area contributed by atoms with Gasteiger partial charge in [0, 0.05) is 26.2 Å². The van der Waals surface area contributed by atoms with Crippen LogP contribution in [0.5, 0.6) is 0 Å². The van der Waals surface area contributed by atoms with E-state index in [2.05, 4.69) is 5.32 Å². The number of hydrogen-bond acceptors (Lipinski definition) is 3. The Hall–Kier alpha value is -2.56. The third kappa shape index (κ3) is 3.51.